The minimum atomic E-state index is -2.21. The van der Waals surface area contributed by atoms with Gasteiger partial charge in [0.25, 0.3) is 5.91 Å². The van der Waals surface area contributed by atoms with E-state index in [0.29, 0.717) is 11.5 Å². The number of rotatable bonds is 10. The molecular formula is C26H22ClNO9. The van der Waals surface area contributed by atoms with Gasteiger partial charge < -0.3 is 29.4 Å². The number of aliphatic carboxylic acids is 1. The van der Waals surface area contributed by atoms with Crippen LogP contribution in [0.25, 0.3) is 0 Å². The number of carboxylic acid groups (broad SMARTS) is 1. The molecule has 0 saturated heterocycles. The number of nitrogens with one attached hydrogen (secondary N) is 1. The lowest BCUT2D eigenvalue weighted by molar-refractivity contribution is -0.157. The second-order valence-electron chi connectivity index (χ2n) is 7.42. The summed E-state index contributed by atoms with van der Waals surface area (Å²) in [7, 11) is 2.78. The molecule has 192 valence electrons. The molecule has 0 aromatic heterocycles. The van der Waals surface area contributed by atoms with Gasteiger partial charge in [0.05, 0.1) is 36.1 Å². The average Bonchev–Trinajstić information content (AvgIpc) is 2.91. The number of hydrogen-bond donors (Lipinski definition) is 2. The van der Waals surface area contributed by atoms with Crippen LogP contribution in [0.5, 0.6) is 11.5 Å². The van der Waals surface area contributed by atoms with Crippen molar-refractivity contribution in [1.29, 1.82) is 0 Å². The number of methoxy groups -OCH3 is 2. The van der Waals surface area contributed by atoms with Crippen molar-refractivity contribution in [3.63, 3.8) is 0 Å². The molecular weight excluding hydrogens is 506 g/mol. The van der Waals surface area contributed by atoms with E-state index in [9.17, 15) is 24.3 Å². The van der Waals surface area contributed by atoms with Crippen molar-refractivity contribution in [2.75, 3.05) is 19.5 Å². The first-order valence-corrected chi connectivity index (χ1v) is 11.1. The second-order valence-corrected chi connectivity index (χ2v) is 7.83. The number of amides is 1. The molecule has 11 heteroatoms. The average molecular weight is 528 g/mol. The Bertz CT molecular complexity index is 1310. The molecule has 37 heavy (non-hydrogen) atoms. The topological polar surface area (TPSA) is 137 Å². The number of carbonyl (C=O) groups excluding carboxylic acids is 3. The monoisotopic (exact) mass is 527 g/mol. The highest BCUT2D eigenvalue weighted by Gasteiger charge is 2.41. The number of benzene rings is 3. The highest BCUT2D eigenvalue weighted by atomic mass is 35.5. The number of carboxylic acids is 1. The zero-order valence-corrected chi connectivity index (χ0v) is 20.4. The van der Waals surface area contributed by atoms with Crippen LogP contribution in [0, 0.1) is 0 Å². The minimum absolute atomic E-state index is 0.0295. The molecule has 0 spiro atoms. The summed E-state index contributed by atoms with van der Waals surface area (Å²) in [6.07, 6.45) is -4.31. The molecule has 0 heterocycles. The quantitative estimate of drug-likeness (QED) is 0.377. The molecule has 3 rings (SSSR count). The fourth-order valence-electron chi connectivity index (χ4n) is 3.13. The van der Waals surface area contributed by atoms with E-state index in [4.69, 9.17) is 30.5 Å². The summed E-state index contributed by atoms with van der Waals surface area (Å²) < 4.78 is 20.6. The highest BCUT2D eigenvalue weighted by molar-refractivity contribution is 6.33. The van der Waals surface area contributed by atoms with E-state index in [1.54, 1.807) is 24.3 Å². The predicted octanol–water partition coefficient (Wildman–Crippen LogP) is 3.83. The molecule has 0 aliphatic heterocycles. The Morgan fingerprint density at radius 1 is 0.757 bits per heavy atom. The van der Waals surface area contributed by atoms with Crippen molar-refractivity contribution in [3.8, 4) is 11.5 Å². The van der Waals surface area contributed by atoms with Crippen LogP contribution >= 0.6 is 11.6 Å². The van der Waals surface area contributed by atoms with Crippen molar-refractivity contribution in [1.82, 2.24) is 0 Å². The van der Waals surface area contributed by atoms with Crippen molar-refractivity contribution in [2.24, 2.45) is 0 Å². The van der Waals surface area contributed by atoms with Gasteiger partial charge in [-0.3, -0.25) is 4.79 Å². The lowest BCUT2D eigenvalue weighted by atomic mass is 10.1. The summed E-state index contributed by atoms with van der Waals surface area (Å²) >= 11 is 6.09. The van der Waals surface area contributed by atoms with Crippen molar-refractivity contribution < 1.29 is 43.2 Å². The first kappa shape index (κ1) is 27.0. The number of hydrogen-bond acceptors (Lipinski definition) is 8. The third-order valence-corrected chi connectivity index (χ3v) is 5.32. The molecule has 10 nitrogen and oxygen atoms in total. The van der Waals surface area contributed by atoms with E-state index >= 15 is 0 Å². The molecule has 0 saturated carbocycles. The van der Waals surface area contributed by atoms with Crippen molar-refractivity contribution in [2.45, 2.75) is 12.2 Å². The maximum atomic E-state index is 13.2. The summed E-state index contributed by atoms with van der Waals surface area (Å²) in [4.78, 5) is 51.0. The first-order chi connectivity index (χ1) is 17.7. The lowest BCUT2D eigenvalue weighted by Gasteiger charge is -2.24. The van der Waals surface area contributed by atoms with Gasteiger partial charge in [0.1, 0.15) is 11.5 Å². The summed E-state index contributed by atoms with van der Waals surface area (Å²) in [5.74, 6) is -4.31. The van der Waals surface area contributed by atoms with Crippen LogP contribution < -0.4 is 14.8 Å². The van der Waals surface area contributed by atoms with E-state index in [2.05, 4.69) is 5.32 Å². The number of anilines is 1. The van der Waals surface area contributed by atoms with Crippen LogP contribution in [-0.2, 0) is 19.1 Å². The molecule has 3 aromatic rings. The zero-order valence-electron chi connectivity index (χ0n) is 19.7. The molecule has 2 N–H and O–H groups in total. The number of ether oxygens (including phenoxy) is 4. The Labute approximate surface area is 216 Å². The van der Waals surface area contributed by atoms with Gasteiger partial charge in [-0.15, -0.1) is 0 Å². The Balaban J connectivity index is 1.94. The normalized spacial score (nSPS) is 12.0. The fraction of sp³-hybridized carbons (Fsp3) is 0.154. The number of carbonyl (C=O) groups is 4. The molecule has 0 unspecified atom stereocenters. The number of para-hydroxylation sites is 1. The van der Waals surface area contributed by atoms with E-state index in [1.807, 2.05) is 0 Å². The smallest absolute Gasteiger partial charge is 0.349 e. The van der Waals surface area contributed by atoms with Crippen LogP contribution in [0.15, 0.2) is 72.8 Å². The summed E-state index contributed by atoms with van der Waals surface area (Å²) in [5.41, 5.74) is 0.0491. The maximum Gasteiger partial charge on any atom is 0.349 e. The molecule has 0 fully saturated rings. The maximum absolute atomic E-state index is 13.2. The third kappa shape index (κ3) is 6.98. The number of esters is 2. The SMILES string of the molecule is COc1cccc(C(=O)O[C@H](C(=O)Nc2ccccc2Cl)[C@@H](OC(=O)c2cccc(OC)c2)C(=O)O)c1. The fourth-order valence-corrected chi connectivity index (χ4v) is 3.31. The van der Waals surface area contributed by atoms with Gasteiger partial charge in [-0.2, -0.15) is 0 Å². The van der Waals surface area contributed by atoms with Gasteiger partial charge in [-0.25, -0.2) is 14.4 Å². The Hall–Kier alpha value is -4.57. The van der Waals surface area contributed by atoms with Crippen molar-refractivity contribution in [3.05, 3.63) is 88.9 Å². The van der Waals surface area contributed by atoms with Gasteiger partial charge in [-0.1, -0.05) is 35.9 Å². The van der Waals surface area contributed by atoms with Crippen LogP contribution in [0.2, 0.25) is 5.02 Å². The van der Waals surface area contributed by atoms with Crippen LogP contribution in [0.4, 0.5) is 5.69 Å². The molecule has 0 aliphatic carbocycles. The molecule has 0 radical (unpaired) electrons. The van der Waals surface area contributed by atoms with Crippen LogP contribution in [0.1, 0.15) is 20.7 Å². The van der Waals surface area contributed by atoms with E-state index in [1.165, 1.54) is 62.8 Å². The molecule has 2 atom stereocenters. The summed E-state index contributed by atoms with van der Waals surface area (Å²) in [5, 5.41) is 12.4. The second kappa shape index (κ2) is 12.4. The highest BCUT2D eigenvalue weighted by Crippen LogP contribution is 2.23. The molecule has 3 aromatic carbocycles. The molecule has 0 aliphatic rings. The van der Waals surface area contributed by atoms with E-state index in [0.717, 1.165) is 0 Å². The Morgan fingerprint density at radius 3 is 1.76 bits per heavy atom. The number of halogens is 1. The van der Waals surface area contributed by atoms with Gasteiger partial charge >= 0.3 is 17.9 Å². The molecule has 0 bridgehead atoms. The van der Waals surface area contributed by atoms with Crippen LogP contribution in [0.3, 0.4) is 0 Å². The first-order valence-electron chi connectivity index (χ1n) is 10.7. The van der Waals surface area contributed by atoms with Gasteiger partial charge in [-0.05, 0) is 48.5 Å². The third-order valence-electron chi connectivity index (χ3n) is 4.99. The largest absolute Gasteiger partial charge is 0.497 e. The predicted molar refractivity (Wildman–Crippen MR) is 132 cm³/mol. The zero-order chi connectivity index (χ0) is 26.9. The molecule has 1 amide bonds. The summed E-state index contributed by atoms with van der Waals surface area (Å²) in [6.45, 7) is 0. The Morgan fingerprint density at radius 2 is 1.27 bits per heavy atom. The van der Waals surface area contributed by atoms with E-state index in [-0.39, 0.29) is 21.8 Å². The van der Waals surface area contributed by atoms with Gasteiger partial charge in [0, 0.05) is 0 Å². The summed E-state index contributed by atoms with van der Waals surface area (Å²) in [6, 6.07) is 17.7. The Kier molecular flexibility index (Phi) is 9.06. The van der Waals surface area contributed by atoms with Gasteiger partial charge in [0.15, 0.2) is 0 Å². The van der Waals surface area contributed by atoms with Crippen LogP contribution in [-0.4, -0.2) is 55.3 Å². The van der Waals surface area contributed by atoms with E-state index < -0.39 is 36.0 Å². The lowest BCUT2D eigenvalue weighted by Crippen LogP contribution is -2.48. The standard InChI is InChI=1S/C26H22ClNO9/c1-34-17-9-5-7-15(13-17)25(32)36-21(23(29)28-20-12-4-3-11-19(20)27)22(24(30)31)37-26(33)16-8-6-10-18(14-16)35-2/h3-14,21-22H,1-2H3,(H,28,29)(H,30,31)/t21-,22+/m0/s1. The van der Waals surface area contributed by atoms with Gasteiger partial charge in [0.2, 0.25) is 12.2 Å². The van der Waals surface area contributed by atoms with Crippen molar-refractivity contribution >= 4 is 41.1 Å². The minimum Gasteiger partial charge on any atom is -0.497 e.